The lowest BCUT2D eigenvalue weighted by atomic mass is 10.1. The summed E-state index contributed by atoms with van der Waals surface area (Å²) in [6, 6.07) is 11.7. The molecule has 2 aromatic rings. The monoisotopic (exact) mass is 359 g/mol. The van der Waals surface area contributed by atoms with Crippen LogP contribution in [0.5, 0.6) is 0 Å². The second kappa shape index (κ2) is 7.07. The summed E-state index contributed by atoms with van der Waals surface area (Å²) in [5.41, 5.74) is 1.06. The molecule has 0 aliphatic rings. The maximum atomic E-state index is 14.2. The fraction of sp³-hybridized carbons (Fsp3) is 0.312. The van der Waals surface area contributed by atoms with Gasteiger partial charge >= 0.3 is 0 Å². The normalized spacial score (nSPS) is 13.1. The molecule has 0 radical (unpaired) electrons. The predicted molar refractivity (Wildman–Crippen MR) is 91.5 cm³/mol. The summed E-state index contributed by atoms with van der Waals surface area (Å²) >= 11 is 13.3. The number of carbonyl (C=O) groups is 1. The fourth-order valence-electron chi connectivity index (χ4n) is 2.28. The van der Waals surface area contributed by atoms with Gasteiger partial charge in [-0.05, 0) is 30.4 Å². The molecule has 0 bridgehead atoms. The van der Waals surface area contributed by atoms with Crippen LogP contribution in [0.15, 0.2) is 42.5 Å². The van der Waals surface area contributed by atoms with Gasteiger partial charge in [0.15, 0.2) is 5.95 Å². The number of carbonyl (C=O) groups excluding carboxylic acids is 1. The Balaban J connectivity index is 2.42. The minimum Gasteiger partial charge on any atom is -0.308 e. The highest BCUT2D eigenvalue weighted by Gasteiger charge is 2.37. The van der Waals surface area contributed by atoms with Gasteiger partial charge in [0.1, 0.15) is 0 Å². The largest absolute Gasteiger partial charge is 0.308 e. The number of halogens is 3. The zero-order valence-corrected chi connectivity index (χ0v) is 14.6. The summed E-state index contributed by atoms with van der Waals surface area (Å²) < 4.78 is 13.9. The molecule has 0 unspecified atom stereocenters. The first-order valence-corrected chi connectivity index (χ1v) is 8.61. The summed E-state index contributed by atoms with van der Waals surface area (Å²) in [4.78, 5) is 12.6. The van der Waals surface area contributed by atoms with Crippen LogP contribution in [0.1, 0.15) is 35.9 Å². The first kappa shape index (κ1) is 17.4. The van der Waals surface area contributed by atoms with Crippen molar-refractivity contribution < 1.29 is 9.18 Å². The highest BCUT2D eigenvalue weighted by molar-refractivity contribution is 8.04. The standard InChI is InChI=1S/C16H16Cl2FNOS/c1-3-22-16(17,18)15(21)13-9-10-14(19)20(13)11(2)12-7-5-4-6-8-12/h4-11H,3H2,1-2H3/t11-/m1/s1. The molecule has 0 aliphatic carbocycles. The van der Waals surface area contributed by atoms with Crippen LogP contribution in [0.25, 0.3) is 0 Å². The van der Waals surface area contributed by atoms with Gasteiger partial charge in [-0.25, -0.2) is 0 Å². The zero-order valence-electron chi connectivity index (χ0n) is 12.2. The highest BCUT2D eigenvalue weighted by atomic mass is 35.5. The summed E-state index contributed by atoms with van der Waals surface area (Å²) in [5, 5.41) is 0. The number of aromatic nitrogens is 1. The fourth-order valence-corrected chi connectivity index (χ4v) is 3.73. The Hall–Kier alpha value is -0.970. The van der Waals surface area contributed by atoms with Gasteiger partial charge in [0, 0.05) is 0 Å². The minimum absolute atomic E-state index is 0.166. The number of rotatable bonds is 6. The average Bonchev–Trinajstić information content (AvgIpc) is 2.88. The van der Waals surface area contributed by atoms with Crippen molar-refractivity contribution in [2.24, 2.45) is 0 Å². The molecule has 0 saturated carbocycles. The van der Waals surface area contributed by atoms with E-state index in [-0.39, 0.29) is 11.7 Å². The van der Waals surface area contributed by atoms with Crippen LogP contribution in [-0.4, -0.2) is 19.8 Å². The van der Waals surface area contributed by atoms with Crippen molar-refractivity contribution in [1.29, 1.82) is 0 Å². The Bertz CT molecular complexity index is 657. The molecule has 1 aromatic heterocycles. The van der Waals surface area contributed by atoms with E-state index in [4.69, 9.17) is 23.2 Å². The predicted octanol–water partition coefficient (Wildman–Crippen LogP) is 5.30. The van der Waals surface area contributed by atoms with E-state index in [2.05, 4.69) is 0 Å². The molecule has 6 heteroatoms. The molecule has 1 aromatic carbocycles. The lowest BCUT2D eigenvalue weighted by Crippen LogP contribution is -2.27. The number of Topliss-reactive ketones (excluding diaryl/α,β-unsaturated/α-hetero) is 1. The summed E-state index contributed by atoms with van der Waals surface area (Å²) in [5.74, 6) is -0.421. The SMILES string of the molecule is CCSC(Cl)(Cl)C(=O)c1ccc(F)n1[C@H](C)c1ccccc1. The van der Waals surface area contributed by atoms with Crippen LogP contribution < -0.4 is 0 Å². The third kappa shape index (κ3) is 3.50. The molecule has 118 valence electrons. The van der Waals surface area contributed by atoms with Gasteiger partial charge in [-0.2, -0.15) is 4.39 Å². The number of nitrogens with zero attached hydrogens (tertiary/aromatic N) is 1. The summed E-state index contributed by atoms with van der Waals surface area (Å²) in [6.07, 6.45) is 0. The molecule has 0 saturated heterocycles. The molecule has 0 amide bonds. The first-order chi connectivity index (χ1) is 10.4. The smallest absolute Gasteiger partial charge is 0.227 e. The average molecular weight is 360 g/mol. The van der Waals surface area contributed by atoms with Crippen molar-refractivity contribution >= 4 is 40.7 Å². The van der Waals surface area contributed by atoms with Crippen molar-refractivity contribution in [1.82, 2.24) is 4.57 Å². The number of hydrogen-bond acceptors (Lipinski definition) is 2. The number of alkyl halides is 2. The Morgan fingerprint density at radius 1 is 1.27 bits per heavy atom. The number of benzene rings is 1. The van der Waals surface area contributed by atoms with Gasteiger partial charge < -0.3 is 4.57 Å². The maximum absolute atomic E-state index is 14.2. The molecule has 22 heavy (non-hydrogen) atoms. The van der Waals surface area contributed by atoms with Gasteiger partial charge in [-0.3, -0.25) is 4.79 Å². The van der Waals surface area contributed by atoms with E-state index in [9.17, 15) is 9.18 Å². The van der Waals surface area contributed by atoms with E-state index in [0.717, 1.165) is 17.3 Å². The van der Waals surface area contributed by atoms with Crippen molar-refractivity contribution in [2.75, 3.05) is 5.75 Å². The van der Waals surface area contributed by atoms with Crippen molar-refractivity contribution in [3.05, 3.63) is 59.7 Å². The van der Waals surface area contributed by atoms with Crippen LogP contribution in [0.2, 0.25) is 0 Å². The molecule has 0 aliphatic heterocycles. The zero-order chi connectivity index (χ0) is 16.3. The van der Waals surface area contributed by atoms with E-state index in [1.54, 1.807) is 0 Å². The van der Waals surface area contributed by atoms with Crippen LogP contribution in [0.4, 0.5) is 4.39 Å². The molecule has 0 fully saturated rings. The molecule has 1 atom stereocenters. The number of thioether (sulfide) groups is 1. The Morgan fingerprint density at radius 3 is 2.50 bits per heavy atom. The van der Waals surface area contributed by atoms with E-state index in [1.165, 1.54) is 16.7 Å². The lowest BCUT2D eigenvalue weighted by Gasteiger charge is -2.22. The lowest BCUT2D eigenvalue weighted by molar-refractivity contribution is 0.0987. The Morgan fingerprint density at radius 2 is 1.91 bits per heavy atom. The molecular formula is C16H16Cl2FNOS. The second-order valence-corrected chi connectivity index (χ2v) is 8.03. The van der Waals surface area contributed by atoms with E-state index >= 15 is 0 Å². The van der Waals surface area contributed by atoms with Gasteiger partial charge in [-0.15, -0.1) is 11.8 Å². The second-order valence-electron chi connectivity index (χ2n) is 4.78. The van der Waals surface area contributed by atoms with E-state index < -0.39 is 15.4 Å². The Labute approximate surface area is 143 Å². The molecule has 1 heterocycles. The quantitative estimate of drug-likeness (QED) is 0.515. The maximum Gasteiger partial charge on any atom is 0.227 e. The van der Waals surface area contributed by atoms with Gasteiger partial charge in [-0.1, -0.05) is 60.5 Å². The van der Waals surface area contributed by atoms with Crippen LogP contribution in [0, 0.1) is 5.95 Å². The van der Waals surface area contributed by atoms with Crippen LogP contribution in [0.3, 0.4) is 0 Å². The first-order valence-electron chi connectivity index (χ1n) is 6.86. The van der Waals surface area contributed by atoms with Gasteiger partial charge in [0.05, 0.1) is 11.7 Å². The molecular weight excluding hydrogens is 344 g/mol. The third-order valence-electron chi connectivity index (χ3n) is 3.36. The van der Waals surface area contributed by atoms with Crippen molar-refractivity contribution in [2.45, 2.75) is 23.6 Å². The van der Waals surface area contributed by atoms with E-state index in [1.807, 2.05) is 44.2 Å². The number of hydrogen-bond donors (Lipinski definition) is 0. The minimum atomic E-state index is -1.62. The summed E-state index contributed by atoms with van der Waals surface area (Å²) in [6.45, 7) is 3.68. The third-order valence-corrected chi connectivity index (χ3v) is 5.19. The molecule has 2 nitrogen and oxygen atoms in total. The molecule has 2 rings (SSSR count). The number of ketones is 1. The van der Waals surface area contributed by atoms with Crippen molar-refractivity contribution in [3.8, 4) is 0 Å². The highest BCUT2D eigenvalue weighted by Crippen LogP contribution is 2.38. The van der Waals surface area contributed by atoms with Crippen LogP contribution >= 0.6 is 35.0 Å². The Kier molecular flexibility index (Phi) is 5.59. The van der Waals surface area contributed by atoms with Crippen molar-refractivity contribution in [3.63, 3.8) is 0 Å². The van der Waals surface area contributed by atoms with Gasteiger partial charge in [0.2, 0.25) is 9.45 Å². The molecule has 0 spiro atoms. The van der Waals surface area contributed by atoms with E-state index in [0.29, 0.717) is 5.75 Å². The summed E-state index contributed by atoms with van der Waals surface area (Å²) in [7, 11) is 0. The van der Waals surface area contributed by atoms with Gasteiger partial charge in [0.25, 0.3) is 0 Å². The van der Waals surface area contributed by atoms with Crippen LogP contribution in [-0.2, 0) is 0 Å². The molecule has 0 N–H and O–H groups in total. The topological polar surface area (TPSA) is 22.0 Å².